The van der Waals surface area contributed by atoms with Crippen LogP contribution in [0.3, 0.4) is 0 Å². The maximum atomic E-state index is 12.1. The number of anilines is 1. The van der Waals surface area contributed by atoms with Gasteiger partial charge >= 0.3 is 0 Å². The van der Waals surface area contributed by atoms with Crippen molar-refractivity contribution in [2.24, 2.45) is 0 Å². The van der Waals surface area contributed by atoms with E-state index in [1.54, 1.807) is 18.2 Å². The molecule has 0 saturated carbocycles. The summed E-state index contributed by atoms with van der Waals surface area (Å²) in [6, 6.07) is 10.5. The Morgan fingerprint density at radius 3 is 2.36 bits per heavy atom. The van der Waals surface area contributed by atoms with Crippen LogP contribution in [0.2, 0.25) is 5.02 Å². The number of benzene rings is 2. The van der Waals surface area contributed by atoms with E-state index in [1.807, 2.05) is 0 Å². The van der Waals surface area contributed by atoms with Crippen molar-refractivity contribution in [1.29, 1.82) is 0 Å². The highest BCUT2D eigenvalue weighted by Gasteiger charge is 2.16. The van der Waals surface area contributed by atoms with Gasteiger partial charge in [0.15, 0.2) is 0 Å². The number of carbonyl (C=O) groups excluding carboxylic acids is 1. The smallest absolute Gasteiger partial charge is 0.241 e. The molecule has 0 fully saturated rings. The molecule has 0 aliphatic carbocycles. The molecule has 0 spiro atoms. The van der Waals surface area contributed by atoms with Crippen LogP contribution in [0.4, 0.5) is 5.69 Å². The summed E-state index contributed by atoms with van der Waals surface area (Å²) >= 11 is 5.73. The number of ether oxygens (including phenoxy) is 2. The molecule has 0 saturated heterocycles. The number of amides is 1. The molecule has 9 heteroatoms. The van der Waals surface area contributed by atoms with Crippen LogP contribution in [-0.2, 0) is 14.8 Å². The molecule has 7 nitrogen and oxygen atoms in total. The third-order valence-corrected chi connectivity index (χ3v) is 4.90. The summed E-state index contributed by atoms with van der Waals surface area (Å²) in [7, 11) is -0.866. The first-order valence-corrected chi connectivity index (χ1v) is 8.99. The van der Waals surface area contributed by atoms with E-state index in [4.69, 9.17) is 21.1 Å². The van der Waals surface area contributed by atoms with Gasteiger partial charge in [0.1, 0.15) is 11.5 Å². The largest absolute Gasteiger partial charge is 0.497 e. The van der Waals surface area contributed by atoms with Gasteiger partial charge in [-0.15, -0.1) is 0 Å². The van der Waals surface area contributed by atoms with Crippen molar-refractivity contribution in [1.82, 2.24) is 4.72 Å². The highest BCUT2D eigenvalue weighted by molar-refractivity contribution is 7.89. The highest BCUT2D eigenvalue weighted by Crippen LogP contribution is 2.28. The maximum absolute atomic E-state index is 12.1. The average molecular weight is 385 g/mol. The first-order valence-electron chi connectivity index (χ1n) is 7.13. The minimum atomic E-state index is -3.82. The number of carbonyl (C=O) groups is 1. The average Bonchev–Trinajstić information content (AvgIpc) is 2.60. The fraction of sp³-hybridized carbons (Fsp3) is 0.188. The van der Waals surface area contributed by atoms with Crippen LogP contribution in [0.5, 0.6) is 11.5 Å². The summed E-state index contributed by atoms with van der Waals surface area (Å²) in [5.74, 6) is 0.400. The Bertz CT molecular complexity index is 853. The molecule has 0 atom stereocenters. The predicted octanol–water partition coefficient (Wildman–Crippen LogP) is 2.27. The number of hydrogen-bond donors (Lipinski definition) is 2. The van der Waals surface area contributed by atoms with Crippen molar-refractivity contribution < 1.29 is 22.7 Å². The van der Waals surface area contributed by atoms with Gasteiger partial charge in [-0.05, 0) is 36.4 Å². The zero-order valence-electron chi connectivity index (χ0n) is 13.6. The Labute approximate surface area is 151 Å². The monoisotopic (exact) mass is 384 g/mol. The minimum Gasteiger partial charge on any atom is -0.497 e. The molecule has 0 radical (unpaired) electrons. The quantitative estimate of drug-likeness (QED) is 0.763. The summed E-state index contributed by atoms with van der Waals surface area (Å²) < 4.78 is 36.8. The SMILES string of the molecule is COc1ccc(OC)c(NC(=O)CNS(=O)(=O)c2ccc(Cl)cc2)c1. The van der Waals surface area contributed by atoms with E-state index in [-0.39, 0.29) is 4.90 Å². The topological polar surface area (TPSA) is 93.7 Å². The van der Waals surface area contributed by atoms with Crippen molar-refractivity contribution in [3.63, 3.8) is 0 Å². The Hall–Kier alpha value is -2.29. The van der Waals surface area contributed by atoms with E-state index >= 15 is 0 Å². The molecule has 0 aliphatic heterocycles. The molecule has 0 aliphatic rings. The summed E-state index contributed by atoms with van der Waals surface area (Å²) in [6.45, 7) is -0.439. The van der Waals surface area contributed by atoms with Crippen LogP contribution in [0.15, 0.2) is 47.4 Å². The Morgan fingerprint density at radius 1 is 1.08 bits per heavy atom. The molecule has 2 rings (SSSR count). The Balaban J connectivity index is 2.04. The van der Waals surface area contributed by atoms with Crippen molar-refractivity contribution in [3.05, 3.63) is 47.5 Å². The molecule has 0 unspecified atom stereocenters. The fourth-order valence-electron chi connectivity index (χ4n) is 1.96. The van der Waals surface area contributed by atoms with Gasteiger partial charge in [0, 0.05) is 11.1 Å². The molecular weight excluding hydrogens is 368 g/mol. The summed E-state index contributed by atoms with van der Waals surface area (Å²) in [6.07, 6.45) is 0. The van der Waals surface area contributed by atoms with Crippen LogP contribution < -0.4 is 19.5 Å². The van der Waals surface area contributed by atoms with E-state index in [2.05, 4.69) is 10.0 Å². The van der Waals surface area contributed by atoms with Gasteiger partial charge < -0.3 is 14.8 Å². The van der Waals surface area contributed by atoms with Crippen LogP contribution in [0.25, 0.3) is 0 Å². The molecule has 2 aromatic carbocycles. The first kappa shape index (κ1) is 19.0. The zero-order chi connectivity index (χ0) is 18.4. The predicted molar refractivity (Wildman–Crippen MR) is 94.8 cm³/mol. The lowest BCUT2D eigenvalue weighted by atomic mass is 10.2. The minimum absolute atomic E-state index is 0.0173. The highest BCUT2D eigenvalue weighted by atomic mass is 35.5. The first-order chi connectivity index (χ1) is 11.9. The van der Waals surface area contributed by atoms with Crippen molar-refractivity contribution in [3.8, 4) is 11.5 Å². The summed E-state index contributed by atoms with van der Waals surface area (Å²) in [5.41, 5.74) is 0.373. The third-order valence-electron chi connectivity index (χ3n) is 3.23. The molecule has 2 aromatic rings. The van der Waals surface area contributed by atoms with Crippen LogP contribution in [-0.4, -0.2) is 35.1 Å². The van der Waals surface area contributed by atoms with Crippen LogP contribution in [0.1, 0.15) is 0 Å². The second-order valence-corrected chi connectivity index (χ2v) is 7.10. The number of methoxy groups -OCH3 is 2. The zero-order valence-corrected chi connectivity index (χ0v) is 15.1. The Morgan fingerprint density at radius 2 is 1.76 bits per heavy atom. The molecule has 1 amide bonds. The standard InChI is InChI=1S/C16H17ClN2O5S/c1-23-12-5-8-15(24-2)14(9-12)19-16(20)10-18-25(21,22)13-6-3-11(17)4-7-13/h3-9,18H,10H2,1-2H3,(H,19,20). The Kier molecular flexibility index (Phi) is 6.24. The van der Waals surface area contributed by atoms with E-state index in [9.17, 15) is 13.2 Å². The van der Waals surface area contributed by atoms with Crippen molar-refractivity contribution in [2.75, 3.05) is 26.1 Å². The molecule has 25 heavy (non-hydrogen) atoms. The maximum Gasteiger partial charge on any atom is 0.241 e. The molecule has 2 N–H and O–H groups in total. The lowest BCUT2D eigenvalue weighted by Gasteiger charge is -2.12. The van der Waals surface area contributed by atoms with Gasteiger partial charge in [0.05, 0.1) is 31.3 Å². The molecule has 134 valence electrons. The van der Waals surface area contributed by atoms with Gasteiger partial charge in [-0.1, -0.05) is 11.6 Å². The number of hydrogen-bond acceptors (Lipinski definition) is 5. The number of rotatable bonds is 7. The van der Waals surface area contributed by atoms with Gasteiger partial charge in [0.25, 0.3) is 0 Å². The number of nitrogens with one attached hydrogen (secondary N) is 2. The van der Waals surface area contributed by atoms with Gasteiger partial charge in [-0.3, -0.25) is 4.79 Å². The normalized spacial score (nSPS) is 11.0. The van der Waals surface area contributed by atoms with Gasteiger partial charge in [-0.25, -0.2) is 13.1 Å². The van der Waals surface area contributed by atoms with E-state index < -0.39 is 22.5 Å². The number of sulfonamides is 1. The van der Waals surface area contributed by atoms with Crippen molar-refractivity contribution in [2.45, 2.75) is 4.90 Å². The van der Waals surface area contributed by atoms with Gasteiger partial charge in [-0.2, -0.15) is 0 Å². The second kappa shape index (κ2) is 8.19. The van der Waals surface area contributed by atoms with Crippen molar-refractivity contribution >= 4 is 33.2 Å². The van der Waals surface area contributed by atoms with Gasteiger partial charge in [0.2, 0.25) is 15.9 Å². The van der Waals surface area contributed by atoms with Crippen LogP contribution in [0, 0.1) is 0 Å². The molecular formula is C16H17ClN2O5S. The van der Waals surface area contributed by atoms with E-state index in [0.29, 0.717) is 22.2 Å². The van der Waals surface area contributed by atoms with E-state index in [0.717, 1.165) is 0 Å². The fourth-order valence-corrected chi connectivity index (χ4v) is 3.07. The van der Waals surface area contributed by atoms with Crippen LogP contribution >= 0.6 is 11.6 Å². The summed E-state index contributed by atoms with van der Waals surface area (Å²) in [4.78, 5) is 12.1. The van der Waals surface area contributed by atoms with E-state index in [1.165, 1.54) is 38.5 Å². The lowest BCUT2D eigenvalue weighted by molar-refractivity contribution is -0.115. The summed E-state index contributed by atoms with van der Waals surface area (Å²) in [5, 5.41) is 3.00. The molecule has 0 aromatic heterocycles. The number of halogens is 1. The molecule has 0 bridgehead atoms. The molecule has 0 heterocycles. The lowest BCUT2D eigenvalue weighted by Crippen LogP contribution is -2.33. The third kappa shape index (κ3) is 5.09. The second-order valence-electron chi connectivity index (χ2n) is 4.89.